The largest absolute Gasteiger partial charge is 0.372 e. The van der Waals surface area contributed by atoms with E-state index in [1.165, 1.54) is 0 Å². The van der Waals surface area contributed by atoms with Crippen molar-refractivity contribution in [2.45, 2.75) is 39.5 Å². The third-order valence-corrected chi connectivity index (χ3v) is 3.78. The fourth-order valence-corrected chi connectivity index (χ4v) is 2.89. The van der Waals surface area contributed by atoms with Gasteiger partial charge in [-0.1, -0.05) is 12.0 Å². The second-order valence-electron chi connectivity index (χ2n) is 6.18. The lowest BCUT2D eigenvalue weighted by molar-refractivity contribution is -0.144. The van der Waals surface area contributed by atoms with Crippen molar-refractivity contribution in [2.75, 3.05) is 26.2 Å². The Balaban J connectivity index is 1.98. The zero-order valence-electron chi connectivity index (χ0n) is 14.2. The molecule has 124 valence electrons. The molecule has 2 heterocycles. The molecule has 0 saturated carbocycles. The average Bonchev–Trinajstić information content (AvgIpc) is 2.46. The summed E-state index contributed by atoms with van der Waals surface area (Å²) in [5.41, 5.74) is 1.89. The number of carbonyl (C=O) groups is 1. The minimum Gasteiger partial charge on any atom is -0.372 e. The van der Waals surface area contributed by atoms with E-state index in [0.717, 1.165) is 11.4 Å². The first-order valence-corrected chi connectivity index (χ1v) is 7.99. The first-order chi connectivity index (χ1) is 11.0. The molecule has 5 nitrogen and oxygen atoms in total. The van der Waals surface area contributed by atoms with Crippen LogP contribution < -0.4 is 0 Å². The number of aryl methyl sites for hydroxylation is 1. The summed E-state index contributed by atoms with van der Waals surface area (Å²) in [4.78, 5) is 20.9. The molecule has 0 spiro atoms. The van der Waals surface area contributed by atoms with Gasteiger partial charge in [0.2, 0.25) is 5.91 Å². The molecular formula is C18H25N3O2. The molecule has 0 unspecified atom stereocenters. The van der Waals surface area contributed by atoms with Gasteiger partial charge in [0.25, 0.3) is 0 Å². The van der Waals surface area contributed by atoms with Crippen molar-refractivity contribution in [2.24, 2.45) is 0 Å². The predicted octanol–water partition coefficient (Wildman–Crippen LogP) is 1.46. The summed E-state index contributed by atoms with van der Waals surface area (Å²) in [5.74, 6) is 2.72. The van der Waals surface area contributed by atoms with Gasteiger partial charge >= 0.3 is 0 Å². The maximum Gasteiger partial charge on any atom is 0.236 e. The van der Waals surface area contributed by atoms with Crippen LogP contribution in [-0.4, -0.2) is 59.1 Å². The summed E-state index contributed by atoms with van der Waals surface area (Å²) >= 11 is 0. The molecule has 5 heteroatoms. The van der Waals surface area contributed by atoms with Crippen molar-refractivity contribution >= 4 is 5.91 Å². The van der Waals surface area contributed by atoms with Crippen molar-refractivity contribution in [3.8, 4) is 12.3 Å². The second kappa shape index (κ2) is 8.09. The Morgan fingerprint density at radius 2 is 2.13 bits per heavy atom. The van der Waals surface area contributed by atoms with Gasteiger partial charge in [0.1, 0.15) is 0 Å². The monoisotopic (exact) mass is 315 g/mol. The van der Waals surface area contributed by atoms with Gasteiger partial charge in [0.05, 0.1) is 31.0 Å². The highest BCUT2D eigenvalue weighted by atomic mass is 16.5. The number of morpholine rings is 1. The molecule has 1 aromatic rings. The van der Waals surface area contributed by atoms with E-state index in [4.69, 9.17) is 11.2 Å². The average molecular weight is 315 g/mol. The number of amides is 1. The van der Waals surface area contributed by atoms with E-state index in [2.05, 4.69) is 10.9 Å². The zero-order chi connectivity index (χ0) is 16.8. The minimum atomic E-state index is 0.0715. The lowest BCUT2D eigenvalue weighted by Crippen LogP contribution is -2.51. The molecule has 1 amide bonds. The molecular weight excluding hydrogens is 290 g/mol. The van der Waals surface area contributed by atoms with Crippen LogP contribution in [0.1, 0.15) is 25.2 Å². The Kier molecular flexibility index (Phi) is 6.14. The van der Waals surface area contributed by atoms with E-state index >= 15 is 0 Å². The molecule has 0 radical (unpaired) electrons. The van der Waals surface area contributed by atoms with Gasteiger partial charge in [-0.25, -0.2) is 0 Å². The molecule has 1 aliphatic heterocycles. The Morgan fingerprint density at radius 3 is 2.74 bits per heavy atom. The van der Waals surface area contributed by atoms with E-state index in [0.29, 0.717) is 32.7 Å². The standard InChI is InChI=1S/C18H25N3O2/c1-5-9-20(12-17-8-6-7-14(2)19-17)13-18(22)21-10-15(3)23-16(4)11-21/h1,6-8,15-16H,9-13H2,2-4H3/t15-,16-/m1/s1. The summed E-state index contributed by atoms with van der Waals surface area (Å²) in [5, 5.41) is 0. The number of carbonyl (C=O) groups excluding carboxylic acids is 1. The second-order valence-corrected chi connectivity index (χ2v) is 6.18. The summed E-state index contributed by atoms with van der Waals surface area (Å²) in [6.45, 7) is 8.52. The maximum atomic E-state index is 12.6. The number of hydrogen-bond acceptors (Lipinski definition) is 4. The van der Waals surface area contributed by atoms with Crippen LogP contribution in [0.15, 0.2) is 18.2 Å². The molecule has 1 fully saturated rings. The zero-order valence-corrected chi connectivity index (χ0v) is 14.2. The summed E-state index contributed by atoms with van der Waals surface area (Å²) in [6.07, 6.45) is 5.60. The minimum absolute atomic E-state index is 0.0715. The molecule has 1 aromatic heterocycles. The van der Waals surface area contributed by atoms with Gasteiger partial charge < -0.3 is 9.64 Å². The van der Waals surface area contributed by atoms with Crippen molar-refractivity contribution in [3.05, 3.63) is 29.6 Å². The predicted molar refractivity (Wildman–Crippen MR) is 89.7 cm³/mol. The Labute approximate surface area is 138 Å². The highest BCUT2D eigenvalue weighted by Crippen LogP contribution is 2.12. The normalized spacial score (nSPS) is 21.3. The smallest absolute Gasteiger partial charge is 0.236 e. The van der Waals surface area contributed by atoms with E-state index < -0.39 is 0 Å². The SMILES string of the molecule is C#CCN(CC(=O)N1C[C@@H](C)O[C@H](C)C1)Cc1cccc(C)n1. The van der Waals surface area contributed by atoms with E-state index in [1.54, 1.807) is 0 Å². The summed E-state index contributed by atoms with van der Waals surface area (Å²) in [7, 11) is 0. The fourth-order valence-electron chi connectivity index (χ4n) is 2.89. The van der Waals surface area contributed by atoms with Gasteiger partial charge in [0, 0.05) is 25.3 Å². The van der Waals surface area contributed by atoms with Gasteiger partial charge in [-0.05, 0) is 32.9 Å². The molecule has 23 heavy (non-hydrogen) atoms. The Bertz CT molecular complexity index is 572. The Hall–Kier alpha value is -1.90. The van der Waals surface area contributed by atoms with Gasteiger partial charge in [-0.3, -0.25) is 14.7 Å². The number of ether oxygens (including phenoxy) is 1. The number of terminal acetylenes is 1. The summed E-state index contributed by atoms with van der Waals surface area (Å²) in [6, 6.07) is 5.88. The highest BCUT2D eigenvalue weighted by Gasteiger charge is 2.26. The quantitative estimate of drug-likeness (QED) is 0.772. The van der Waals surface area contributed by atoms with Crippen molar-refractivity contribution in [1.82, 2.24) is 14.8 Å². The number of aromatic nitrogens is 1. The third kappa shape index (κ3) is 5.34. The van der Waals surface area contributed by atoms with Gasteiger partial charge in [0.15, 0.2) is 0 Å². The topological polar surface area (TPSA) is 45.7 Å². The number of pyridine rings is 1. The lowest BCUT2D eigenvalue weighted by atomic mass is 10.2. The first-order valence-electron chi connectivity index (χ1n) is 7.99. The van der Waals surface area contributed by atoms with E-state index in [9.17, 15) is 4.79 Å². The molecule has 0 N–H and O–H groups in total. The van der Waals surface area contributed by atoms with Crippen LogP contribution in [-0.2, 0) is 16.1 Å². The van der Waals surface area contributed by atoms with Crippen LogP contribution in [0.2, 0.25) is 0 Å². The van der Waals surface area contributed by atoms with E-state index in [-0.39, 0.29) is 18.1 Å². The first kappa shape index (κ1) is 17.5. The summed E-state index contributed by atoms with van der Waals surface area (Å²) < 4.78 is 5.68. The van der Waals surface area contributed by atoms with Gasteiger partial charge in [-0.15, -0.1) is 6.42 Å². The molecule has 2 atom stereocenters. The van der Waals surface area contributed by atoms with Crippen LogP contribution >= 0.6 is 0 Å². The molecule has 1 saturated heterocycles. The fraction of sp³-hybridized carbons (Fsp3) is 0.556. The van der Waals surface area contributed by atoms with Crippen LogP contribution in [0.4, 0.5) is 0 Å². The lowest BCUT2D eigenvalue weighted by Gasteiger charge is -2.36. The number of hydrogen-bond donors (Lipinski definition) is 0. The van der Waals surface area contributed by atoms with Crippen molar-refractivity contribution < 1.29 is 9.53 Å². The molecule has 2 rings (SSSR count). The third-order valence-electron chi connectivity index (χ3n) is 3.78. The van der Waals surface area contributed by atoms with Crippen LogP contribution in [0.25, 0.3) is 0 Å². The Morgan fingerprint density at radius 1 is 1.43 bits per heavy atom. The van der Waals surface area contributed by atoms with Gasteiger partial charge in [-0.2, -0.15) is 0 Å². The van der Waals surface area contributed by atoms with Crippen LogP contribution in [0.5, 0.6) is 0 Å². The van der Waals surface area contributed by atoms with Crippen molar-refractivity contribution in [1.29, 1.82) is 0 Å². The number of rotatable bonds is 5. The van der Waals surface area contributed by atoms with Crippen molar-refractivity contribution in [3.63, 3.8) is 0 Å². The maximum absolute atomic E-state index is 12.6. The van der Waals surface area contributed by atoms with Crippen LogP contribution in [0, 0.1) is 19.3 Å². The van der Waals surface area contributed by atoms with E-state index in [1.807, 2.05) is 48.8 Å². The highest BCUT2D eigenvalue weighted by molar-refractivity contribution is 5.78. The molecule has 0 aliphatic carbocycles. The molecule has 0 bridgehead atoms. The van der Waals surface area contributed by atoms with Crippen LogP contribution in [0.3, 0.4) is 0 Å². The number of nitrogens with zero attached hydrogens (tertiary/aromatic N) is 3. The molecule has 0 aromatic carbocycles. The molecule has 1 aliphatic rings.